The number of hydrogen-bond acceptors (Lipinski definition) is 2. The summed E-state index contributed by atoms with van der Waals surface area (Å²) in [5.41, 5.74) is 7.76. The van der Waals surface area contributed by atoms with Gasteiger partial charge in [-0.3, -0.25) is 0 Å². The van der Waals surface area contributed by atoms with Crippen molar-refractivity contribution in [1.29, 1.82) is 0 Å². The van der Waals surface area contributed by atoms with Crippen LogP contribution in [-0.4, -0.2) is 12.7 Å². The van der Waals surface area contributed by atoms with Gasteiger partial charge >= 0.3 is 6.09 Å². The van der Waals surface area contributed by atoms with Crippen molar-refractivity contribution in [2.24, 2.45) is 11.0 Å². The van der Waals surface area contributed by atoms with Crippen LogP contribution in [0.2, 0.25) is 0 Å². The molecule has 0 aromatic heterocycles. The first-order chi connectivity index (χ1) is 4.66. The molecular weight excluding hydrogens is 134 g/mol. The van der Waals surface area contributed by atoms with E-state index in [0.29, 0.717) is 0 Å². The standard InChI is InChI=1S/C5H9N3O2/c1-4(2)3-10-5(9)7-8-6/h4H,3H2,1-2H3. The highest BCUT2D eigenvalue weighted by Crippen LogP contribution is 1.93. The first-order valence-corrected chi connectivity index (χ1v) is 2.88. The lowest BCUT2D eigenvalue weighted by molar-refractivity contribution is 0.143. The number of ether oxygens (including phenoxy) is 1. The third kappa shape index (κ3) is 4.93. The molecule has 56 valence electrons. The molecule has 0 unspecified atom stereocenters. The van der Waals surface area contributed by atoms with E-state index in [2.05, 4.69) is 14.8 Å². The highest BCUT2D eigenvalue weighted by atomic mass is 16.5. The molecule has 0 aliphatic carbocycles. The van der Waals surface area contributed by atoms with Crippen LogP contribution in [0.3, 0.4) is 0 Å². The molecule has 10 heavy (non-hydrogen) atoms. The third-order valence-corrected chi connectivity index (χ3v) is 0.667. The molecule has 0 aliphatic rings. The normalized spacial score (nSPS) is 8.70. The highest BCUT2D eigenvalue weighted by molar-refractivity contribution is 5.67. The summed E-state index contributed by atoms with van der Waals surface area (Å²) in [5.74, 6) is 0.262. The van der Waals surface area contributed by atoms with Gasteiger partial charge in [-0.2, -0.15) is 0 Å². The number of amides is 1. The van der Waals surface area contributed by atoms with Crippen LogP contribution in [0.25, 0.3) is 10.4 Å². The predicted octanol–water partition coefficient (Wildman–Crippen LogP) is 2.09. The van der Waals surface area contributed by atoms with Gasteiger partial charge in [-0.1, -0.05) is 13.8 Å². The van der Waals surface area contributed by atoms with E-state index in [4.69, 9.17) is 5.53 Å². The molecule has 0 rings (SSSR count). The summed E-state index contributed by atoms with van der Waals surface area (Å²) < 4.78 is 4.48. The zero-order valence-corrected chi connectivity index (χ0v) is 5.94. The van der Waals surface area contributed by atoms with E-state index in [0.717, 1.165) is 0 Å². The van der Waals surface area contributed by atoms with Gasteiger partial charge in [-0.25, -0.2) is 4.79 Å². The molecule has 0 fully saturated rings. The molecule has 0 N–H and O–H groups in total. The SMILES string of the molecule is CC(C)COC(=O)N=[N+]=[N-]. The molecule has 0 heterocycles. The fraction of sp³-hybridized carbons (Fsp3) is 0.800. The van der Waals surface area contributed by atoms with Gasteiger partial charge in [-0.05, 0) is 11.4 Å². The smallest absolute Gasteiger partial charge is 0.396 e. The van der Waals surface area contributed by atoms with Gasteiger partial charge in [0, 0.05) is 10.0 Å². The molecule has 1 amide bonds. The average molecular weight is 143 g/mol. The molecule has 5 heteroatoms. The Morgan fingerprint density at radius 1 is 1.80 bits per heavy atom. The van der Waals surface area contributed by atoms with E-state index in [1.807, 2.05) is 13.8 Å². The van der Waals surface area contributed by atoms with Crippen LogP contribution in [0.15, 0.2) is 5.11 Å². The van der Waals surface area contributed by atoms with E-state index in [9.17, 15) is 4.79 Å². The van der Waals surface area contributed by atoms with Crippen LogP contribution in [0.5, 0.6) is 0 Å². The van der Waals surface area contributed by atoms with Gasteiger partial charge in [0.2, 0.25) is 0 Å². The monoisotopic (exact) mass is 143 g/mol. The molecule has 0 spiro atoms. The van der Waals surface area contributed by atoms with Crippen molar-refractivity contribution in [3.8, 4) is 0 Å². The van der Waals surface area contributed by atoms with E-state index in [1.54, 1.807) is 0 Å². The summed E-state index contributed by atoms with van der Waals surface area (Å²) in [7, 11) is 0. The van der Waals surface area contributed by atoms with Crippen LogP contribution in [0.4, 0.5) is 4.79 Å². The Kier molecular flexibility index (Phi) is 4.07. The second-order valence-corrected chi connectivity index (χ2v) is 2.16. The van der Waals surface area contributed by atoms with Crippen molar-refractivity contribution in [1.82, 2.24) is 0 Å². The lowest BCUT2D eigenvalue weighted by Gasteiger charge is -2.02. The molecule has 0 radical (unpaired) electrons. The Morgan fingerprint density at radius 3 is 2.80 bits per heavy atom. The lowest BCUT2D eigenvalue weighted by atomic mass is 10.2. The third-order valence-electron chi connectivity index (χ3n) is 0.667. The second-order valence-electron chi connectivity index (χ2n) is 2.16. The molecule has 0 atom stereocenters. The maximum atomic E-state index is 10.3. The zero-order chi connectivity index (χ0) is 7.98. The van der Waals surface area contributed by atoms with Gasteiger partial charge in [0.15, 0.2) is 0 Å². The molecule has 0 aliphatic heterocycles. The number of carbonyl (C=O) groups is 1. The molecule has 5 nitrogen and oxygen atoms in total. The number of hydrogen-bond donors (Lipinski definition) is 0. The van der Waals surface area contributed by atoms with Crippen LogP contribution in [0, 0.1) is 5.92 Å². The summed E-state index contributed by atoms with van der Waals surface area (Å²) >= 11 is 0. The summed E-state index contributed by atoms with van der Waals surface area (Å²) in [6.07, 6.45) is -0.865. The maximum Gasteiger partial charge on any atom is 0.396 e. The second kappa shape index (κ2) is 4.64. The van der Waals surface area contributed by atoms with Crippen molar-refractivity contribution in [2.45, 2.75) is 13.8 Å². The molecule has 0 aromatic carbocycles. The summed E-state index contributed by atoms with van der Waals surface area (Å²) in [6, 6.07) is 0. The Morgan fingerprint density at radius 2 is 2.40 bits per heavy atom. The van der Waals surface area contributed by atoms with Gasteiger partial charge in [0.1, 0.15) is 0 Å². The van der Waals surface area contributed by atoms with Crippen molar-refractivity contribution in [2.75, 3.05) is 6.61 Å². The molecule has 0 saturated heterocycles. The summed E-state index contributed by atoms with van der Waals surface area (Å²) in [6.45, 7) is 4.07. The van der Waals surface area contributed by atoms with E-state index < -0.39 is 6.09 Å². The van der Waals surface area contributed by atoms with Crippen molar-refractivity contribution in [3.63, 3.8) is 0 Å². The van der Waals surface area contributed by atoms with Crippen molar-refractivity contribution >= 4 is 6.09 Å². The lowest BCUT2D eigenvalue weighted by Crippen LogP contribution is -2.05. The largest absolute Gasteiger partial charge is 0.461 e. The quantitative estimate of drug-likeness (QED) is 0.337. The minimum Gasteiger partial charge on any atom is -0.461 e. The average Bonchev–Trinajstić information content (AvgIpc) is 1.85. The van der Waals surface area contributed by atoms with Crippen LogP contribution >= 0.6 is 0 Å². The topological polar surface area (TPSA) is 75.1 Å². The van der Waals surface area contributed by atoms with Gasteiger partial charge < -0.3 is 4.74 Å². The van der Waals surface area contributed by atoms with E-state index >= 15 is 0 Å². The van der Waals surface area contributed by atoms with Gasteiger partial charge in [-0.15, -0.1) is 0 Å². The Bertz CT molecular complexity index is 160. The maximum absolute atomic E-state index is 10.3. The Balaban J connectivity index is 3.50. The Hall–Kier alpha value is -1.22. The number of nitrogens with zero attached hydrogens (tertiary/aromatic N) is 3. The predicted molar refractivity (Wildman–Crippen MR) is 35.3 cm³/mol. The highest BCUT2D eigenvalue weighted by Gasteiger charge is 1.98. The number of azide groups is 1. The molecule has 0 saturated carbocycles. The number of rotatable bonds is 2. The van der Waals surface area contributed by atoms with Crippen LogP contribution < -0.4 is 0 Å². The first kappa shape index (κ1) is 8.78. The summed E-state index contributed by atoms with van der Waals surface area (Å²) in [4.78, 5) is 12.6. The fourth-order valence-electron chi connectivity index (χ4n) is 0.303. The zero-order valence-electron chi connectivity index (χ0n) is 5.94. The van der Waals surface area contributed by atoms with Crippen LogP contribution in [0.1, 0.15) is 13.8 Å². The van der Waals surface area contributed by atoms with Gasteiger partial charge in [0.25, 0.3) is 0 Å². The number of carbonyl (C=O) groups excluding carboxylic acids is 1. The molecule has 0 aromatic rings. The minimum absolute atomic E-state index is 0.262. The van der Waals surface area contributed by atoms with Crippen LogP contribution in [-0.2, 0) is 4.74 Å². The summed E-state index contributed by atoms with van der Waals surface area (Å²) in [5, 5.41) is 2.72. The Labute approximate surface area is 58.6 Å². The molecular formula is C5H9N3O2. The first-order valence-electron chi connectivity index (χ1n) is 2.88. The van der Waals surface area contributed by atoms with E-state index in [-0.39, 0.29) is 12.5 Å². The van der Waals surface area contributed by atoms with Crippen molar-refractivity contribution < 1.29 is 9.53 Å². The fourth-order valence-corrected chi connectivity index (χ4v) is 0.303. The minimum atomic E-state index is -0.865. The van der Waals surface area contributed by atoms with Gasteiger partial charge in [0.05, 0.1) is 6.61 Å². The van der Waals surface area contributed by atoms with E-state index in [1.165, 1.54) is 0 Å². The molecule has 0 bridgehead atoms. The van der Waals surface area contributed by atoms with Crippen molar-refractivity contribution in [3.05, 3.63) is 10.4 Å².